The molecular weight excluding hydrogens is 353 g/mol. The predicted molar refractivity (Wildman–Crippen MR) is 89.3 cm³/mol. The lowest BCUT2D eigenvalue weighted by atomic mass is 10.1. The van der Waals surface area contributed by atoms with E-state index in [0.29, 0.717) is 11.7 Å². The zero-order chi connectivity index (χ0) is 15.4. The Morgan fingerprint density at radius 1 is 1.24 bits per heavy atom. The van der Waals surface area contributed by atoms with Gasteiger partial charge in [0, 0.05) is 11.9 Å². The maximum absolute atomic E-state index is 12.9. The Balaban J connectivity index is 2.19. The Morgan fingerprint density at radius 3 is 2.48 bits per heavy atom. The molecule has 2 rings (SSSR count). The summed E-state index contributed by atoms with van der Waals surface area (Å²) < 4.78 is 13.8. The summed E-state index contributed by atoms with van der Waals surface area (Å²) in [5, 5.41) is 3.08. The van der Waals surface area contributed by atoms with Crippen LogP contribution in [0.15, 0.2) is 33.6 Å². The summed E-state index contributed by atoms with van der Waals surface area (Å²) in [6, 6.07) is 6.45. The van der Waals surface area contributed by atoms with Gasteiger partial charge in [-0.2, -0.15) is 0 Å². The van der Waals surface area contributed by atoms with Crippen molar-refractivity contribution < 1.29 is 4.39 Å². The molecule has 0 radical (unpaired) electrons. The molecule has 1 aromatic carbocycles. The number of anilines is 1. The first-order valence-electron chi connectivity index (χ1n) is 6.63. The van der Waals surface area contributed by atoms with E-state index in [-0.39, 0.29) is 5.82 Å². The Morgan fingerprint density at radius 2 is 1.90 bits per heavy atom. The molecule has 0 aliphatic rings. The maximum Gasteiger partial charge on any atom is 0.144 e. The number of benzene rings is 1. The van der Waals surface area contributed by atoms with Gasteiger partial charge >= 0.3 is 0 Å². The average molecular weight is 370 g/mol. The van der Waals surface area contributed by atoms with Gasteiger partial charge in [-0.15, -0.1) is 11.8 Å². The molecule has 0 amide bonds. The molecule has 3 nitrogen and oxygen atoms in total. The van der Waals surface area contributed by atoms with Crippen LogP contribution in [-0.4, -0.2) is 17.0 Å². The lowest BCUT2D eigenvalue weighted by Crippen LogP contribution is -2.06. The van der Waals surface area contributed by atoms with Gasteiger partial charge < -0.3 is 5.32 Å². The van der Waals surface area contributed by atoms with Crippen molar-refractivity contribution >= 4 is 33.5 Å². The third-order valence-electron chi connectivity index (χ3n) is 2.89. The van der Waals surface area contributed by atoms with E-state index in [1.165, 1.54) is 12.1 Å². The highest BCUT2D eigenvalue weighted by atomic mass is 79.9. The summed E-state index contributed by atoms with van der Waals surface area (Å²) in [6.07, 6.45) is 0. The van der Waals surface area contributed by atoms with E-state index in [1.54, 1.807) is 23.9 Å². The van der Waals surface area contributed by atoms with Gasteiger partial charge in [0.05, 0.1) is 15.9 Å². The SMILES string of the molecule is CNc1nc(CSc2ccc(F)cc2)nc(C(C)C)c1Br. The van der Waals surface area contributed by atoms with E-state index in [1.807, 2.05) is 7.05 Å². The first-order chi connectivity index (χ1) is 10.0. The zero-order valence-electron chi connectivity index (χ0n) is 12.2. The van der Waals surface area contributed by atoms with Gasteiger partial charge in [0.2, 0.25) is 0 Å². The van der Waals surface area contributed by atoms with Crippen LogP contribution in [0.2, 0.25) is 0 Å². The second-order valence-corrected chi connectivity index (χ2v) is 6.68. The Bertz CT molecular complexity index is 617. The minimum atomic E-state index is -0.223. The van der Waals surface area contributed by atoms with E-state index in [4.69, 9.17) is 0 Å². The number of nitrogens with zero attached hydrogens (tertiary/aromatic N) is 2. The summed E-state index contributed by atoms with van der Waals surface area (Å²) >= 11 is 5.14. The molecule has 0 bridgehead atoms. The van der Waals surface area contributed by atoms with Gasteiger partial charge in [-0.3, -0.25) is 0 Å². The number of rotatable bonds is 5. The largest absolute Gasteiger partial charge is 0.372 e. The van der Waals surface area contributed by atoms with Gasteiger partial charge in [-0.05, 0) is 46.1 Å². The van der Waals surface area contributed by atoms with E-state index >= 15 is 0 Å². The van der Waals surface area contributed by atoms with Crippen molar-refractivity contribution in [3.8, 4) is 0 Å². The molecule has 0 unspecified atom stereocenters. The quantitative estimate of drug-likeness (QED) is 0.765. The van der Waals surface area contributed by atoms with Crippen LogP contribution >= 0.6 is 27.7 Å². The molecule has 112 valence electrons. The van der Waals surface area contributed by atoms with Crippen molar-refractivity contribution in [1.82, 2.24) is 9.97 Å². The molecule has 0 spiro atoms. The number of hydrogen-bond donors (Lipinski definition) is 1. The second kappa shape index (κ2) is 7.22. The summed E-state index contributed by atoms with van der Waals surface area (Å²) in [6.45, 7) is 4.20. The molecule has 2 aromatic rings. The highest BCUT2D eigenvalue weighted by Gasteiger charge is 2.14. The minimum absolute atomic E-state index is 0.223. The lowest BCUT2D eigenvalue weighted by Gasteiger charge is -2.13. The van der Waals surface area contributed by atoms with Crippen molar-refractivity contribution in [2.75, 3.05) is 12.4 Å². The zero-order valence-corrected chi connectivity index (χ0v) is 14.6. The monoisotopic (exact) mass is 369 g/mol. The van der Waals surface area contributed by atoms with Crippen molar-refractivity contribution in [1.29, 1.82) is 0 Å². The van der Waals surface area contributed by atoms with Crippen LogP contribution in [-0.2, 0) is 5.75 Å². The Kier molecular flexibility index (Phi) is 5.58. The molecule has 6 heteroatoms. The first-order valence-corrected chi connectivity index (χ1v) is 8.41. The highest BCUT2D eigenvalue weighted by Crippen LogP contribution is 2.30. The van der Waals surface area contributed by atoms with Gasteiger partial charge in [0.15, 0.2) is 0 Å². The summed E-state index contributed by atoms with van der Waals surface area (Å²) in [7, 11) is 1.84. The van der Waals surface area contributed by atoms with Crippen molar-refractivity contribution in [3.63, 3.8) is 0 Å². The predicted octanol–water partition coefficient (Wildman–Crippen LogP) is 4.84. The molecule has 1 heterocycles. The number of hydrogen-bond acceptors (Lipinski definition) is 4. The molecule has 1 aromatic heterocycles. The molecule has 0 saturated heterocycles. The number of aromatic nitrogens is 2. The fourth-order valence-electron chi connectivity index (χ4n) is 1.80. The van der Waals surface area contributed by atoms with Crippen molar-refractivity contribution in [2.45, 2.75) is 30.4 Å². The molecule has 21 heavy (non-hydrogen) atoms. The van der Waals surface area contributed by atoms with Crippen LogP contribution in [0.4, 0.5) is 10.2 Å². The lowest BCUT2D eigenvalue weighted by molar-refractivity contribution is 0.626. The van der Waals surface area contributed by atoms with Crippen LogP contribution in [0.1, 0.15) is 31.3 Å². The molecule has 1 N–H and O–H groups in total. The minimum Gasteiger partial charge on any atom is -0.372 e. The van der Waals surface area contributed by atoms with Gasteiger partial charge in [-0.1, -0.05) is 13.8 Å². The molecule has 0 saturated carbocycles. The van der Waals surface area contributed by atoms with Crippen molar-refractivity contribution in [3.05, 3.63) is 46.1 Å². The molecular formula is C15H17BrFN3S. The molecule has 0 aliphatic heterocycles. The molecule has 0 aliphatic carbocycles. The standard InChI is InChI=1S/C15H17BrFN3S/c1-9(2)14-13(16)15(18-3)20-12(19-14)8-21-11-6-4-10(17)5-7-11/h4-7,9H,8H2,1-3H3,(H,18,19,20). The second-order valence-electron chi connectivity index (χ2n) is 4.83. The Labute approximate surface area is 136 Å². The van der Waals surface area contributed by atoms with E-state index < -0.39 is 0 Å². The fourth-order valence-corrected chi connectivity index (χ4v) is 3.39. The smallest absolute Gasteiger partial charge is 0.144 e. The summed E-state index contributed by atoms with van der Waals surface area (Å²) in [4.78, 5) is 10.1. The van der Waals surface area contributed by atoms with Gasteiger partial charge in [-0.25, -0.2) is 14.4 Å². The molecule has 0 atom stereocenters. The van der Waals surface area contributed by atoms with E-state index in [0.717, 1.165) is 26.7 Å². The molecule has 0 fully saturated rings. The number of halogens is 2. The summed E-state index contributed by atoms with van der Waals surface area (Å²) in [5.41, 5.74) is 0.990. The maximum atomic E-state index is 12.9. The van der Waals surface area contributed by atoms with E-state index in [9.17, 15) is 4.39 Å². The van der Waals surface area contributed by atoms with Crippen LogP contribution in [0.5, 0.6) is 0 Å². The topological polar surface area (TPSA) is 37.8 Å². The fraction of sp³-hybridized carbons (Fsp3) is 0.333. The normalized spacial score (nSPS) is 11.0. The van der Waals surface area contributed by atoms with Gasteiger partial charge in [0.25, 0.3) is 0 Å². The highest BCUT2D eigenvalue weighted by molar-refractivity contribution is 9.10. The van der Waals surface area contributed by atoms with Gasteiger partial charge in [0.1, 0.15) is 17.5 Å². The third kappa shape index (κ3) is 4.17. The average Bonchev–Trinajstić information content (AvgIpc) is 2.47. The number of nitrogens with one attached hydrogen (secondary N) is 1. The Hall–Kier alpha value is -1.14. The van der Waals surface area contributed by atoms with Crippen LogP contribution in [0.25, 0.3) is 0 Å². The first kappa shape index (κ1) is 16.2. The third-order valence-corrected chi connectivity index (χ3v) is 4.68. The van der Waals surface area contributed by atoms with Crippen LogP contribution in [0, 0.1) is 5.82 Å². The van der Waals surface area contributed by atoms with Crippen LogP contribution in [0.3, 0.4) is 0 Å². The van der Waals surface area contributed by atoms with E-state index in [2.05, 4.69) is 45.1 Å². The summed E-state index contributed by atoms with van der Waals surface area (Å²) in [5.74, 6) is 2.29. The number of thioether (sulfide) groups is 1. The van der Waals surface area contributed by atoms with Crippen molar-refractivity contribution in [2.24, 2.45) is 0 Å². The van der Waals surface area contributed by atoms with Crippen LogP contribution < -0.4 is 5.32 Å².